The molecule has 5 heteroatoms. The number of para-hydroxylation sites is 1. The molecule has 1 fully saturated rings. The number of ether oxygens (including phenoxy) is 1. The van der Waals surface area contributed by atoms with Crippen LogP contribution in [0.4, 0.5) is 5.69 Å². The molecule has 3 rings (SSSR count). The average Bonchev–Trinajstić information content (AvgIpc) is 2.66. The Labute approximate surface area is 160 Å². The Bertz CT molecular complexity index is 748. The smallest absolute Gasteiger partial charge is 0.263 e. The van der Waals surface area contributed by atoms with Crippen LogP contribution in [0.5, 0.6) is 5.75 Å². The van der Waals surface area contributed by atoms with Gasteiger partial charge in [0.2, 0.25) is 0 Å². The van der Waals surface area contributed by atoms with Crippen molar-refractivity contribution in [3.8, 4) is 5.75 Å². The molecule has 0 N–H and O–H groups in total. The predicted molar refractivity (Wildman–Crippen MR) is 106 cm³/mol. The van der Waals surface area contributed by atoms with Crippen LogP contribution in [0.15, 0.2) is 42.5 Å². The summed E-state index contributed by atoms with van der Waals surface area (Å²) in [5.74, 6) is 0.719. The highest BCUT2D eigenvalue weighted by Crippen LogP contribution is 2.26. The topological polar surface area (TPSA) is 32.8 Å². The van der Waals surface area contributed by atoms with Gasteiger partial charge in [-0.1, -0.05) is 29.8 Å². The van der Waals surface area contributed by atoms with Gasteiger partial charge in [0.15, 0.2) is 6.10 Å². The summed E-state index contributed by atoms with van der Waals surface area (Å²) in [6.07, 6.45) is -0.516. The molecule has 0 bridgehead atoms. The first-order chi connectivity index (χ1) is 12.5. The molecule has 0 radical (unpaired) electrons. The molecule has 2 aromatic rings. The van der Waals surface area contributed by atoms with Gasteiger partial charge >= 0.3 is 0 Å². The number of hydrogen-bond donors (Lipinski definition) is 0. The Morgan fingerprint density at radius 2 is 1.62 bits per heavy atom. The molecule has 1 aliphatic rings. The van der Waals surface area contributed by atoms with E-state index in [1.807, 2.05) is 56.0 Å². The largest absolute Gasteiger partial charge is 0.481 e. The van der Waals surface area contributed by atoms with Gasteiger partial charge in [-0.05, 0) is 56.2 Å². The standard InChI is InChI=1S/C21H25ClN2O2/c1-15-13-19(14-16(2)20(15)22)26-17(3)21(25)24-11-9-23(10-12-24)18-7-5-4-6-8-18/h4-8,13-14,17H,9-12H2,1-3H3/t17-/m1/s1. The quantitative estimate of drug-likeness (QED) is 0.810. The lowest BCUT2D eigenvalue weighted by molar-refractivity contribution is -0.138. The second-order valence-electron chi connectivity index (χ2n) is 6.78. The van der Waals surface area contributed by atoms with Crippen molar-refractivity contribution < 1.29 is 9.53 Å². The molecule has 0 aromatic heterocycles. The van der Waals surface area contributed by atoms with Gasteiger partial charge in [0.1, 0.15) is 5.75 Å². The van der Waals surface area contributed by atoms with Gasteiger partial charge in [-0.2, -0.15) is 0 Å². The zero-order valence-electron chi connectivity index (χ0n) is 15.5. The summed E-state index contributed by atoms with van der Waals surface area (Å²) < 4.78 is 5.89. The van der Waals surface area contributed by atoms with Crippen molar-refractivity contribution in [3.05, 3.63) is 58.6 Å². The number of anilines is 1. The number of carbonyl (C=O) groups excluding carboxylic acids is 1. The molecular formula is C21H25ClN2O2. The SMILES string of the molecule is Cc1cc(O[C@H](C)C(=O)N2CCN(c3ccccc3)CC2)cc(C)c1Cl. The molecule has 4 nitrogen and oxygen atoms in total. The minimum atomic E-state index is -0.516. The lowest BCUT2D eigenvalue weighted by Gasteiger charge is -2.37. The lowest BCUT2D eigenvalue weighted by atomic mass is 10.1. The van der Waals surface area contributed by atoms with E-state index in [2.05, 4.69) is 17.0 Å². The first kappa shape index (κ1) is 18.6. The number of rotatable bonds is 4. The van der Waals surface area contributed by atoms with Crippen molar-refractivity contribution >= 4 is 23.2 Å². The third-order valence-corrected chi connectivity index (χ3v) is 5.38. The molecule has 0 saturated carbocycles. The van der Waals surface area contributed by atoms with Gasteiger partial charge in [-0.3, -0.25) is 4.79 Å². The maximum atomic E-state index is 12.7. The summed E-state index contributed by atoms with van der Waals surface area (Å²) in [5.41, 5.74) is 3.12. The Morgan fingerprint density at radius 3 is 2.19 bits per heavy atom. The Morgan fingerprint density at radius 1 is 1.04 bits per heavy atom. The van der Waals surface area contributed by atoms with E-state index < -0.39 is 6.10 Å². The van der Waals surface area contributed by atoms with E-state index in [0.29, 0.717) is 18.8 Å². The lowest BCUT2D eigenvalue weighted by Crippen LogP contribution is -2.52. The van der Waals surface area contributed by atoms with Crippen LogP contribution in [0.3, 0.4) is 0 Å². The fraction of sp³-hybridized carbons (Fsp3) is 0.381. The Balaban J connectivity index is 1.58. The Kier molecular flexibility index (Phi) is 5.72. The summed E-state index contributed by atoms with van der Waals surface area (Å²) in [6.45, 7) is 8.78. The van der Waals surface area contributed by atoms with Crippen LogP contribution in [0.25, 0.3) is 0 Å². The highest BCUT2D eigenvalue weighted by molar-refractivity contribution is 6.32. The number of amides is 1. The molecule has 0 aliphatic carbocycles. The summed E-state index contributed by atoms with van der Waals surface area (Å²) in [7, 11) is 0. The summed E-state index contributed by atoms with van der Waals surface area (Å²) in [4.78, 5) is 16.9. The maximum Gasteiger partial charge on any atom is 0.263 e. The number of aryl methyl sites for hydroxylation is 2. The summed E-state index contributed by atoms with van der Waals surface area (Å²) >= 11 is 6.20. The Hall–Kier alpha value is -2.20. The second-order valence-corrected chi connectivity index (χ2v) is 7.16. The number of piperazine rings is 1. The van der Waals surface area contributed by atoms with Crippen molar-refractivity contribution in [1.82, 2.24) is 4.90 Å². The van der Waals surface area contributed by atoms with Gasteiger partial charge in [0.05, 0.1) is 0 Å². The minimum absolute atomic E-state index is 0.0305. The summed E-state index contributed by atoms with van der Waals surface area (Å²) in [5, 5.41) is 0.744. The molecule has 1 saturated heterocycles. The number of carbonyl (C=O) groups is 1. The van der Waals surface area contributed by atoms with Gasteiger partial charge in [-0.15, -0.1) is 0 Å². The first-order valence-electron chi connectivity index (χ1n) is 8.98. The number of benzene rings is 2. The zero-order chi connectivity index (χ0) is 18.7. The van der Waals surface area contributed by atoms with Gasteiger partial charge < -0.3 is 14.5 Å². The first-order valence-corrected chi connectivity index (χ1v) is 9.35. The van der Waals surface area contributed by atoms with E-state index >= 15 is 0 Å². The molecule has 2 aromatic carbocycles. The third-order valence-electron chi connectivity index (χ3n) is 4.78. The highest BCUT2D eigenvalue weighted by atomic mass is 35.5. The zero-order valence-corrected chi connectivity index (χ0v) is 16.3. The fourth-order valence-electron chi connectivity index (χ4n) is 3.31. The normalized spacial score (nSPS) is 15.7. The van der Waals surface area contributed by atoms with Crippen molar-refractivity contribution in [1.29, 1.82) is 0 Å². The molecule has 1 atom stereocenters. The van der Waals surface area contributed by atoms with Crippen molar-refractivity contribution in [2.75, 3.05) is 31.1 Å². The maximum absolute atomic E-state index is 12.7. The predicted octanol–water partition coefficient (Wildman–Crippen LogP) is 4.07. The monoisotopic (exact) mass is 372 g/mol. The van der Waals surface area contributed by atoms with E-state index in [4.69, 9.17) is 16.3 Å². The molecule has 1 aliphatic heterocycles. The molecule has 0 unspecified atom stereocenters. The average molecular weight is 373 g/mol. The van der Waals surface area contributed by atoms with Crippen molar-refractivity contribution in [2.45, 2.75) is 26.9 Å². The van der Waals surface area contributed by atoms with Crippen LogP contribution >= 0.6 is 11.6 Å². The minimum Gasteiger partial charge on any atom is -0.481 e. The van der Waals surface area contributed by atoms with Crippen LogP contribution in [-0.2, 0) is 4.79 Å². The molecule has 26 heavy (non-hydrogen) atoms. The van der Waals surface area contributed by atoms with Gasteiger partial charge in [0, 0.05) is 36.9 Å². The molecular weight excluding hydrogens is 348 g/mol. The van der Waals surface area contributed by atoms with E-state index in [0.717, 1.165) is 29.2 Å². The number of hydrogen-bond acceptors (Lipinski definition) is 3. The van der Waals surface area contributed by atoms with E-state index in [1.165, 1.54) is 5.69 Å². The molecule has 138 valence electrons. The van der Waals surface area contributed by atoms with Crippen LogP contribution in [0.1, 0.15) is 18.1 Å². The van der Waals surface area contributed by atoms with Crippen LogP contribution in [0.2, 0.25) is 5.02 Å². The van der Waals surface area contributed by atoms with E-state index in [-0.39, 0.29) is 5.91 Å². The van der Waals surface area contributed by atoms with Gasteiger partial charge in [-0.25, -0.2) is 0 Å². The van der Waals surface area contributed by atoms with Crippen molar-refractivity contribution in [3.63, 3.8) is 0 Å². The second kappa shape index (κ2) is 8.00. The summed E-state index contributed by atoms with van der Waals surface area (Å²) in [6, 6.07) is 14.1. The van der Waals surface area contributed by atoms with E-state index in [9.17, 15) is 4.79 Å². The number of halogens is 1. The van der Waals surface area contributed by atoms with Crippen LogP contribution < -0.4 is 9.64 Å². The van der Waals surface area contributed by atoms with Crippen LogP contribution in [-0.4, -0.2) is 43.1 Å². The van der Waals surface area contributed by atoms with E-state index in [1.54, 1.807) is 0 Å². The third kappa shape index (κ3) is 4.13. The number of nitrogens with zero attached hydrogens (tertiary/aromatic N) is 2. The fourth-order valence-corrected chi connectivity index (χ4v) is 3.42. The van der Waals surface area contributed by atoms with Crippen LogP contribution in [0, 0.1) is 13.8 Å². The molecule has 1 heterocycles. The molecule has 0 spiro atoms. The van der Waals surface area contributed by atoms with Gasteiger partial charge in [0.25, 0.3) is 5.91 Å². The highest BCUT2D eigenvalue weighted by Gasteiger charge is 2.26. The molecule has 1 amide bonds. The van der Waals surface area contributed by atoms with Crippen molar-refractivity contribution in [2.24, 2.45) is 0 Å².